The summed E-state index contributed by atoms with van der Waals surface area (Å²) in [6.07, 6.45) is 8.21. The first-order valence-electron chi connectivity index (χ1n) is 5.47. The van der Waals surface area contributed by atoms with Crippen molar-refractivity contribution in [2.75, 3.05) is 7.05 Å². The first kappa shape index (κ1) is 11.9. The summed E-state index contributed by atoms with van der Waals surface area (Å²) in [5, 5.41) is 3.24. The topological polar surface area (TPSA) is 24.9 Å². The second-order valence-corrected chi connectivity index (χ2v) is 4.01. The molecule has 1 aromatic heterocycles. The van der Waals surface area contributed by atoms with Crippen molar-refractivity contribution in [1.29, 1.82) is 0 Å². The van der Waals surface area contributed by atoms with Gasteiger partial charge in [-0.25, -0.2) is 0 Å². The number of rotatable bonds is 5. The predicted octanol–water partition coefficient (Wildman–Crippen LogP) is 2.87. The van der Waals surface area contributed by atoms with Crippen LogP contribution in [-0.4, -0.2) is 18.1 Å². The summed E-state index contributed by atoms with van der Waals surface area (Å²) in [6, 6.07) is 4.63. The van der Waals surface area contributed by atoms with Crippen molar-refractivity contribution in [1.82, 2.24) is 10.3 Å². The van der Waals surface area contributed by atoms with Gasteiger partial charge in [-0.1, -0.05) is 17.7 Å². The highest BCUT2D eigenvalue weighted by Gasteiger charge is 1.98. The number of nitrogens with zero attached hydrogens (tertiary/aromatic N) is 1. The monoisotopic (exact) mass is 204 g/mol. The van der Waals surface area contributed by atoms with Gasteiger partial charge in [-0.2, -0.15) is 0 Å². The maximum atomic E-state index is 4.09. The Morgan fingerprint density at radius 3 is 3.00 bits per heavy atom. The minimum atomic E-state index is 0.585. The molecule has 15 heavy (non-hydrogen) atoms. The van der Waals surface area contributed by atoms with Crippen LogP contribution in [0.25, 0.3) is 6.08 Å². The molecule has 0 aromatic carbocycles. The quantitative estimate of drug-likeness (QED) is 0.797. The number of hydrogen-bond donors (Lipinski definition) is 1. The van der Waals surface area contributed by atoms with Crippen LogP contribution in [-0.2, 0) is 0 Å². The molecule has 0 bridgehead atoms. The van der Waals surface area contributed by atoms with E-state index >= 15 is 0 Å². The Labute approximate surface area is 92.4 Å². The predicted molar refractivity (Wildman–Crippen MR) is 65.6 cm³/mol. The molecule has 0 aliphatic heterocycles. The number of aromatic nitrogens is 1. The molecular weight excluding hydrogens is 184 g/mol. The lowest BCUT2D eigenvalue weighted by Gasteiger charge is -2.09. The van der Waals surface area contributed by atoms with Gasteiger partial charge in [0.1, 0.15) is 0 Å². The minimum Gasteiger partial charge on any atom is -0.317 e. The Kier molecular flexibility index (Phi) is 5.05. The summed E-state index contributed by atoms with van der Waals surface area (Å²) >= 11 is 0. The number of hydrogen-bond acceptors (Lipinski definition) is 2. The first-order valence-corrected chi connectivity index (χ1v) is 5.47. The van der Waals surface area contributed by atoms with Crippen LogP contribution in [0.4, 0.5) is 0 Å². The summed E-state index contributed by atoms with van der Waals surface area (Å²) in [5.41, 5.74) is 2.59. The molecule has 1 aromatic rings. The Morgan fingerprint density at radius 1 is 1.60 bits per heavy atom. The zero-order valence-electron chi connectivity index (χ0n) is 9.83. The Hall–Kier alpha value is -1.15. The van der Waals surface area contributed by atoms with E-state index in [0.717, 1.165) is 6.42 Å². The van der Waals surface area contributed by atoms with Crippen molar-refractivity contribution in [2.45, 2.75) is 32.7 Å². The van der Waals surface area contributed by atoms with E-state index in [-0.39, 0.29) is 0 Å². The second-order valence-electron chi connectivity index (χ2n) is 4.01. The van der Waals surface area contributed by atoms with Gasteiger partial charge in [-0.3, -0.25) is 4.98 Å². The van der Waals surface area contributed by atoms with Gasteiger partial charge in [0.2, 0.25) is 0 Å². The zero-order chi connectivity index (χ0) is 11.1. The van der Waals surface area contributed by atoms with Crippen molar-refractivity contribution in [3.05, 3.63) is 35.7 Å². The minimum absolute atomic E-state index is 0.585. The number of pyridine rings is 1. The normalized spacial score (nSPS) is 13.9. The second kappa shape index (κ2) is 6.36. The zero-order valence-corrected chi connectivity index (χ0v) is 9.83. The van der Waals surface area contributed by atoms with E-state index in [9.17, 15) is 0 Å². The van der Waals surface area contributed by atoms with E-state index in [2.05, 4.69) is 36.3 Å². The molecule has 0 amide bonds. The van der Waals surface area contributed by atoms with Crippen LogP contribution < -0.4 is 5.32 Å². The van der Waals surface area contributed by atoms with Gasteiger partial charge in [0, 0.05) is 18.4 Å². The van der Waals surface area contributed by atoms with Gasteiger partial charge in [0.15, 0.2) is 0 Å². The maximum Gasteiger partial charge on any atom is 0.0340 e. The van der Waals surface area contributed by atoms with Crippen LogP contribution in [0.15, 0.2) is 30.1 Å². The van der Waals surface area contributed by atoms with Crippen molar-refractivity contribution >= 4 is 6.08 Å². The van der Waals surface area contributed by atoms with Crippen LogP contribution >= 0.6 is 0 Å². The molecule has 1 atom stereocenters. The molecular formula is C13H20N2. The van der Waals surface area contributed by atoms with E-state index in [1.165, 1.54) is 17.6 Å². The third-order valence-corrected chi connectivity index (χ3v) is 2.56. The molecule has 0 saturated carbocycles. The largest absolute Gasteiger partial charge is 0.317 e. The molecule has 82 valence electrons. The molecule has 2 nitrogen and oxygen atoms in total. The third kappa shape index (κ3) is 4.75. The molecule has 1 unspecified atom stereocenters. The van der Waals surface area contributed by atoms with Gasteiger partial charge in [0.25, 0.3) is 0 Å². The summed E-state index contributed by atoms with van der Waals surface area (Å²) in [6.45, 7) is 4.38. The molecule has 2 heteroatoms. The highest BCUT2D eigenvalue weighted by molar-refractivity contribution is 5.50. The average molecular weight is 204 g/mol. The summed E-state index contributed by atoms with van der Waals surface area (Å²) in [4.78, 5) is 4.09. The molecule has 0 saturated heterocycles. The lowest BCUT2D eigenvalue weighted by atomic mass is 10.1. The van der Waals surface area contributed by atoms with Crippen LogP contribution in [0.3, 0.4) is 0 Å². The van der Waals surface area contributed by atoms with Crippen molar-refractivity contribution in [3.8, 4) is 0 Å². The molecule has 1 heterocycles. The lowest BCUT2D eigenvalue weighted by Crippen LogP contribution is -2.20. The molecule has 1 N–H and O–H groups in total. The van der Waals surface area contributed by atoms with Crippen molar-refractivity contribution < 1.29 is 0 Å². The number of nitrogens with one attached hydrogen (secondary N) is 1. The van der Waals surface area contributed by atoms with Crippen LogP contribution in [0, 0.1) is 0 Å². The average Bonchev–Trinajstić information content (AvgIpc) is 2.27. The smallest absolute Gasteiger partial charge is 0.0340 e. The van der Waals surface area contributed by atoms with Gasteiger partial charge in [-0.15, -0.1) is 0 Å². The first-order chi connectivity index (χ1) is 7.22. The lowest BCUT2D eigenvalue weighted by molar-refractivity contribution is 0.564. The third-order valence-electron chi connectivity index (χ3n) is 2.56. The van der Waals surface area contributed by atoms with E-state index in [4.69, 9.17) is 0 Å². The number of allylic oxidation sites excluding steroid dienone is 1. The summed E-state index contributed by atoms with van der Waals surface area (Å²) < 4.78 is 0. The van der Waals surface area contributed by atoms with Crippen LogP contribution in [0.2, 0.25) is 0 Å². The fourth-order valence-electron chi connectivity index (χ4n) is 1.41. The fourth-order valence-corrected chi connectivity index (χ4v) is 1.41. The van der Waals surface area contributed by atoms with E-state index in [0.29, 0.717) is 6.04 Å². The van der Waals surface area contributed by atoms with E-state index < -0.39 is 0 Å². The van der Waals surface area contributed by atoms with Gasteiger partial charge in [-0.05, 0) is 45.4 Å². The Bertz CT molecular complexity index is 304. The molecule has 0 spiro atoms. The molecule has 0 aliphatic carbocycles. The van der Waals surface area contributed by atoms with Crippen LogP contribution in [0.1, 0.15) is 32.3 Å². The van der Waals surface area contributed by atoms with Crippen LogP contribution in [0.5, 0.6) is 0 Å². The highest BCUT2D eigenvalue weighted by atomic mass is 14.8. The Morgan fingerprint density at radius 2 is 2.40 bits per heavy atom. The highest BCUT2D eigenvalue weighted by Crippen LogP contribution is 2.11. The maximum absolute atomic E-state index is 4.09. The SMILES string of the molecule is CNC(C)CCC(C)=Cc1cccnc1. The van der Waals surface area contributed by atoms with Gasteiger partial charge >= 0.3 is 0 Å². The Balaban J connectivity index is 2.46. The van der Waals surface area contributed by atoms with Gasteiger partial charge in [0.05, 0.1) is 0 Å². The van der Waals surface area contributed by atoms with E-state index in [1.807, 2.05) is 19.3 Å². The molecule has 0 aliphatic rings. The fraction of sp³-hybridized carbons (Fsp3) is 0.462. The molecule has 0 fully saturated rings. The van der Waals surface area contributed by atoms with Crippen molar-refractivity contribution in [3.63, 3.8) is 0 Å². The van der Waals surface area contributed by atoms with Crippen molar-refractivity contribution in [2.24, 2.45) is 0 Å². The summed E-state index contributed by atoms with van der Waals surface area (Å²) in [7, 11) is 2.00. The molecule has 0 radical (unpaired) electrons. The van der Waals surface area contributed by atoms with E-state index in [1.54, 1.807) is 6.20 Å². The van der Waals surface area contributed by atoms with Gasteiger partial charge < -0.3 is 5.32 Å². The molecule has 1 rings (SSSR count). The standard InChI is InChI=1S/C13H20N2/c1-11(6-7-12(2)14-3)9-13-5-4-8-15-10-13/h4-5,8-10,12,14H,6-7H2,1-3H3. The summed E-state index contributed by atoms with van der Waals surface area (Å²) in [5.74, 6) is 0.